The minimum Gasteiger partial charge on any atom is -0.479 e. The molecule has 4 aromatic rings. The minimum absolute atomic E-state index is 0.0701. The molecule has 0 aliphatic heterocycles. The van der Waals surface area contributed by atoms with Crippen LogP contribution in [0.3, 0.4) is 0 Å². The van der Waals surface area contributed by atoms with E-state index in [0.29, 0.717) is 5.65 Å². The Kier molecular flexibility index (Phi) is 4.21. The molecule has 28 heavy (non-hydrogen) atoms. The van der Waals surface area contributed by atoms with Crippen LogP contribution in [0.5, 0.6) is 6.01 Å². The summed E-state index contributed by atoms with van der Waals surface area (Å²) < 4.78 is 1.70. The second-order valence-corrected chi connectivity index (χ2v) is 6.15. The van der Waals surface area contributed by atoms with Gasteiger partial charge in [0.1, 0.15) is 11.6 Å². The van der Waals surface area contributed by atoms with Gasteiger partial charge in [-0.3, -0.25) is 0 Å². The monoisotopic (exact) mass is 372 g/mol. The van der Waals surface area contributed by atoms with Crippen molar-refractivity contribution >= 4 is 17.3 Å². The van der Waals surface area contributed by atoms with Crippen molar-refractivity contribution in [1.82, 2.24) is 24.6 Å². The normalized spacial score (nSPS) is 11.9. The van der Waals surface area contributed by atoms with E-state index >= 15 is 0 Å². The van der Waals surface area contributed by atoms with Gasteiger partial charge in [0.15, 0.2) is 17.3 Å². The van der Waals surface area contributed by atoms with Crippen molar-refractivity contribution < 1.29 is 5.11 Å². The number of benzene rings is 1. The lowest BCUT2D eigenvalue weighted by molar-refractivity contribution is 0.432. The molecule has 0 fully saturated rings. The fourth-order valence-corrected chi connectivity index (χ4v) is 2.98. The summed E-state index contributed by atoms with van der Waals surface area (Å²) in [6.07, 6.45) is 3.45. The molecule has 0 radical (unpaired) electrons. The SMILES string of the molecule is C[C@H](Nc1nc(O)nc(N)c1C#N)c1cc2nccn2nc1-c1ccccc1. The maximum Gasteiger partial charge on any atom is 0.317 e. The van der Waals surface area contributed by atoms with Crippen molar-refractivity contribution in [2.45, 2.75) is 13.0 Å². The zero-order valence-corrected chi connectivity index (χ0v) is 14.9. The van der Waals surface area contributed by atoms with Gasteiger partial charge < -0.3 is 16.2 Å². The van der Waals surface area contributed by atoms with Crippen LogP contribution in [-0.4, -0.2) is 29.7 Å². The lowest BCUT2D eigenvalue weighted by Gasteiger charge is -2.19. The Balaban J connectivity index is 1.82. The van der Waals surface area contributed by atoms with E-state index < -0.39 is 6.01 Å². The number of aromatic hydroxyl groups is 1. The van der Waals surface area contributed by atoms with Gasteiger partial charge >= 0.3 is 6.01 Å². The first-order valence-electron chi connectivity index (χ1n) is 8.49. The van der Waals surface area contributed by atoms with Crippen LogP contribution in [0.15, 0.2) is 48.8 Å². The third-order valence-corrected chi connectivity index (χ3v) is 4.32. The molecule has 0 amide bonds. The molecule has 3 heterocycles. The van der Waals surface area contributed by atoms with Gasteiger partial charge in [0, 0.05) is 23.5 Å². The van der Waals surface area contributed by atoms with Crippen LogP contribution in [0, 0.1) is 11.3 Å². The van der Waals surface area contributed by atoms with Gasteiger partial charge in [-0.15, -0.1) is 0 Å². The Morgan fingerprint density at radius 3 is 2.79 bits per heavy atom. The Labute approximate surface area is 160 Å². The number of nitrogens with one attached hydrogen (secondary N) is 1. The van der Waals surface area contributed by atoms with Gasteiger partial charge in [0.25, 0.3) is 0 Å². The summed E-state index contributed by atoms with van der Waals surface area (Å²) in [6, 6.07) is 12.8. The van der Waals surface area contributed by atoms with Crippen molar-refractivity contribution in [3.05, 3.63) is 59.9 Å². The third-order valence-electron chi connectivity index (χ3n) is 4.32. The summed E-state index contributed by atoms with van der Waals surface area (Å²) in [4.78, 5) is 11.8. The van der Waals surface area contributed by atoms with Crippen molar-refractivity contribution in [2.24, 2.45) is 0 Å². The molecule has 0 saturated heterocycles. The fraction of sp³-hybridized carbons (Fsp3) is 0.105. The molecular weight excluding hydrogens is 356 g/mol. The van der Waals surface area contributed by atoms with Gasteiger partial charge in [0.05, 0.1) is 11.7 Å². The second kappa shape index (κ2) is 6.85. The molecule has 1 aromatic carbocycles. The molecule has 0 saturated carbocycles. The molecule has 0 aliphatic rings. The first kappa shape index (κ1) is 17.2. The van der Waals surface area contributed by atoms with E-state index in [4.69, 9.17) is 5.73 Å². The molecule has 138 valence electrons. The topological polar surface area (TPSA) is 138 Å². The fourth-order valence-electron chi connectivity index (χ4n) is 2.98. The highest BCUT2D eigenvalue weighted by Crippen LogP contribution is 2.30. The highest BCUT2D eigenvalue weighted by molar-refractivity contribution is 5.68. The zero-order chi connectivity index (χ0) is 19.7. The highest BCUT2D eigenvalue weighted by atomic mass is 16.3. The maximum atomic E-state index is 9.67. The molecule has 0 spiro atoms. The molecule has 4 rings (SSSR count). The average Bonchev–Trinajstić information content (AvgIpc) is 3.15. The van der Waals surface area contributed by atoms with E-state index in [1.807, 2.05) is 49.4 Å². The third kappa shape index (κ3) is 3.03. The van der Waals surface area contributed by atoms with Crippen LogP contribution < -0.4 is 11.1 Å². The quantitative estimate of drug-likeness (QED) is 0.497. The van der Waals surface area contributed by atoms with Gasteiger partial charge in [-0.25, -0.2) is 9.50 Å². The number of nitrogens with two attached hydrogens (primary N) is 1. The smallest absolute Gasteiger partial charge is 0.317 e. The van der Waals surface area contributed by atoms with E-state index in [9.17, 15) is 10.4 Å². The Morgan fingerprint density at radius 1 is 1.25 bits per heavy atom. The van der Waals surface area contributed by atoms with E-state index in [1.54, 1.807) is 16.9 Å². The minimum atomic E-state index is -0.503. The van der Waals surface area contributed by atoms with Gasteiger partial charge in [-0.1, -0.05) is 30.3 Å². The molecule has 0 bridgehead atoms. The second-order valence-electron chi connectivity index (χ2n) is 6.15. The summed E-state index contributed by atoms with van der Waals surface area (Å²) >= 11 is 0. The Hall–Kier alpha value is -4.19. The van der Waals surface area contributed by atoms with Gasteiger partial charge in [-0.2, -0.15) is 20.3 Å². The number of fused-ring (bicyclic) bond motifs is 1. The molecular formula is C19H16N8O. The molecule has 1 atom stereocenters. The van der Waals surface area contributed by atoms with Crippen molar-refractivity contribution in [3.63, 3.8) is 0 Å². The standard InChI is InChI=1S/C19H16N8O/c1-11(23-18-14(10-20)17(21)24-19(28)25-18)13-9-15-22-7-8-27(15)26-16(13)12-5-3-2-4-6-12/h2-9,11H,1H3,(H4,21,23,24,25,28)/t11-/m0/s1. The summed E-state index contributed by atoms with van der Waals surface area (Å²) in [5, 5.41) is 26.9. The number of rotatable bonds is 4. The number of nitrogen functional groups attached to an aromatic ring is 1. The summed E-state index contributed by atoms with van der Waals surface area (Å²) in [5.74, 6) is 0.0667. The van der Waals surface area contributed by atoms with Crippen LogP contribution in [0.1, 0.15) is 24.1 Å². The van der Waals surface area contributed by atoms with Gasteiger partial charge in [-0.05, 0) is 13.0 Å². The molecule has 0 aliphatic carbocycles. The van der Waals surface area contributed by atoms with E-state index in [-0.39, 0.29) is 23.2 Å². The number of imidazole rings is 1. The predicted molar refractivity (Wildman–Crippen MR) is 103 cm³/mol. The van der Waals surface area contributed by atoms with Crippen LogP contribution in [0.25, 0.3) is 16.9 Å². The number of hydrogen-bond donors (Lipinski definition) is 3. The Morgan fingerprint density at radius 2 is 2.04 bits per heavy atom. The highest BCUT2D eigenvalue weighted by Gasteiger charge is 2.19. The number of aromatic nitrogens is 5. The molecule has 9 heteroatoms. The molecule has 9 nitrogen and oxygen atoms in total. The number of anilines is 2. The number of nitriles is 1. The van der Waals surface area contributed by atoms with Crippen LogP contribution in [0.4, 0.5) is 11.6 Å². The van der Waals surface area contributed by atoms with Crippen LogP contribution >= 0.6 is 0 Å². The van der Waals surface area contributed by atoms with Crippen molar-refractivity contribution in [1.29, 1.82) is 5.26 Å². The predicted octanol–water partition coefficient (Wildman–Crippen LogP) is 2.52. The number of nitrogens with zero attached hydrogens (tertiary/aromatic N) is 6. The first-order valence-corrected chi connectivity index (χ1v) is 8.49. The summed E-state index contributed by atoms with van der Waals surface area (Å²) in [7, 11) is 0. The zero-order valence-electron chi connectivity index (χ0n) is 14.9. The molecule has 0 unspecified atom stereocenters. The average molecular weight is 372 g/mol. The molecule has 4 N–H and O–H groups in total. The lowest BCUT2D eigenvalue weighted by Crippen LogP contribution is -2.14. The van der Waals surface area contributed by atoms with Crippen molar-refractivity contribution in [3.8, 4) is 23.3 Å². The molecule has 3 aromatic heterocycles. The largest absolute Gasteiger partial charge is 0.479 e. The van der Waals surface area contributed by atoms with E-state index in [0.717, 1.165) is 16.8 Å². The van der Waals surface area contributed by atoms with E-state index in [1.165, 1.54) is 0 Å². The summed E-state index contributed by atoms with van der Waals surface area (Å²) in [5.41, 5.74) is 9.04. The maximum absolute atomic E-state index is 9.67. The summed E-state index contributed by atoms with van der Waals surface area (Å²) in [6.45, 7) is 1.90. The Bertz CT molecular complexity index is 1200. The van der Waals surface area contributed by atoms with Crippen LogP contribution in [-0.2, 0) is 0 Å². The first-order chi connectivity index (χ1) is 13.6. The number of hydrogen-bond acceptors (Lipinski definition) is 8. The van der Waals surface area contributed by atoms with Crippen molar-refractivity contribution in [2.75, 3.05) is 11.1 Å². The lowest BCUT2D eigenvalue weighted by atomic mass is 10.0. The van der Waals surface area contributed by atoms with E-state index in [2.05, 4.69) is 25.4 Å². The van der Waals surface area contributed by atoms with Crippen LogP contribution in [0.2, 0.25) is 0 Å². The van der Waals surface area contributed by atoms with Gasteiger partial charge in [0.2, 0.25) is 0 Å².